The minimum atomic E-state index is 0.832. The van der Waals surface area contributed by atoms with E-state index in [2.05, 4.69) is 229 Å². The van der Waals surface area contributed by atoms with Gasteiger partial charge in [0.05, 0.1) is 0 Å². The molecule has 2 nitrogen and oxygen atoms in total. The Balaban J connectivity index is 1.07. The summed E-state index contributed by atoms with van der Waals surface area (Å²) < 4.78 is 6.84. The van der Waals surface area contributed by atoms with E-state index in [1.165, 1.54) is 33.4 Å². The van der Waals surface area contributed by atoms with Gasteiger partial charge in [-0.15, -0.1) is 0 Å². The predicted octanol–water partition coefficient (Wildman–Crippen LogP) is 15.3. The first-order valence-electron chi connectivity index (χ1n) is 19.1. The number of rotatable bonds is 7. The first kappa shape index (κ1) is 33.2. The molecule has 0 N–H and O–H groups in total. The highest BCUT2D eigenvalue weighted by Crippen LogP contribution is 2.51. The lowest BCUT2D eigenvalue weighted by molar-refractivity contribution is 0.488. The maximum absolute atomic E-state index is 6.84. The fourth-order valence-corrected chi connectivity index (χ4v) is 7.93. The Bertz CT molecular complexity index is 2780. The molecule has 0 amide bonds. The molecule has 9 aromatic carbocycles. The van der Waals surface area contributed by atoms with Crippen LogP contribution in [0.1, 0.15) is 0 Å². The average molecular weight is 716 g/mol. The second kappa shape index (κ2) is 14.4. The smallest absolute Gasteiger partial charge is 0.135 e. The molecule has 1 heterocycles. The molecule has 0 unspecified atom stereocenters. The molecule has 2 heteroatoms. The van der Waals surface area contributed by atoms with Crippen LogP contribution in [0.2, 0.25) is 0 Å². The summed E-state index contributed by atoms with van der Waals surface area (Å²) in [6.45, 7) is 0. The molecule has 0 saturated carbocycles. The van der Waals surface area contributed by atoms with Gasteiger partial charge in [-0.3, -0.25) is 0 Å². The second-order valence-corrected chi connectivity index (χ2v) is 14.1. The van der Waals surface area contributed by atoms with E-state index in [1.807, 2.05) is 0 Å². The van der Waals surface area contributed by atoms with Crippen molar-refractivity contribution in [1.82, 2.24) is 0 Å². The number of hydrogen-bond acceptors (Lipinski definition) is 2. The maximum atomic E-state index is 6.84. The van der Waals surface area contributed by atoms with Crippen molar-refractivity contribution < 1.29 is 4.74 Å². The fourth-order valence-electron chi connectivity index (χ4n) is 7.93. The van der Waals surface area contributed by atoms with Crippen molar-refractivity contribution >= 4 is 17.1 Å². The molecule has 0 aromatic heterocycles. The van der Waals surface area contributed by atoms with E-state index in [9.17, 15) is 0 Å². The third-order valence-corrected chi connectivity index (χ3v) is 10.7. The minimum absolute atomic E-state index is 0.832. The molecule has 0 aliphatic carbocycles. The first-order chi connectivity index (χ1) is 27.8. The Morgan fingerprint density at radius 3 is 1.20 bits per heavy atom. The van der Waals surface area contributed by atoms with Gasteiger partial charge in [-0.1, -0.05) is 176 Å². The van der Waals surface area contributed by atoms with Gasteiger partial charge in [-0.2, -0.15) is 0 Å². The number of anilines is 3. The maximum Gasteiger partial charge on any atom is 0.135 e. The standard InChI is InChI=1S/C54H37NO/c1-4-13-38(14-5-1)40-23-25-41(26-24-40)43-29-33-46(34-30-43)55(45-31-27-42(28-32-45)39-15-6-2-7-16-39)47-35-36-52-51(37-47)49-19-10-11-20-50(49)54-48(21-12-22-53(54)56-52)44-17-8-3-9-18-44/h1-37H. The van der Waals surface area contributed by atoms with E-state index in [1.54, 1.807) is 0 Å². The van der Waals surface area contributed by atoms with Crippen molar-refractivity contribution in [1.29, 1.82) is 0 Å². The highest BCUT2D eigenvalue weighted by Gasteiger charge is 2.25. The number of fused-ring (bicyclic) bond motifs is 5. The summed E-state index contributed by atoms with van der Waals surface area (Å²) >= 11 is 0. The van der Waals surface area contributed by atoms with Crippen molar-refractivity contribution in [3.05, 3.63) is 224 Å². The molecule has 0 fully saturated rings. The van der Waals surface area contributed by atoms with Crippen molar-refractivity contribution in [2.45, 2.75) is 0 Å². The molecule has 0 bridgehead atoms. The molecule has 9 aromatic rings. The van der Waals surface area contributed by atoms with Gasteiger partial charge in [0.25, 0.3) is 0 Å². The number of hydrogen-bond donors (Lipinski definition) is 0. The van der Waals surface area contributed by atoms with E-state index in [4.69, 9.17) is 4.74 Å². The van der Waals surface area contributed by atoms with Gasteiger partial charge in [-0.25, -0.2) is 0 Å². The monoisotopic (exact) mass is 715 g/mol. The zero-order valence-electron chi connectivity index (χ0n) is 30.7. The fraction of sp³-hybridized carbons (Fsp3) is 0. The summed E-state index contributed by atoms with van der Waals surface area (Å²) in [7, 11) is 0. The van der Waals surface area contributed by atoms with Gasteiger partial charge in [0, 0.05) is 28.2 Å². The number of ether oxygens (including phenoxy) is 1. The summed E-state index contributed by atoms with van der Waals surface area (Å²) in [5.74, 6) is 1.69. The van der Waals surface area contributed by atoms with Crippen LogP contribution in [0.15, 0.2) is 224 Å². The highest BCUT2D eigenvalue weighted by molar-refractivity contribution is 5.98. The predicted molar refractivity (Wildman–Crippen MR) is 234 cm³/mol. The van der Waals surface area contributed by atoms with E-state index in [-0.39, 0.29) is 0 Å². The highest BCUT2D eigenvalue weighted by atomic mass is 16.5. The third kappa shape index (κ3) is 6.24. The van der Waals surface area contributed by atoms with Crippen LogP contribution in [-0.4, -0.2) is 0 Å². The summed E-state index contributed by atoms with van der Waals surface area (Å²) in [6, 6.07) is 79.9. The van der Waals surface area contributed by atoms with Crippen LogP contribution in [0.3, 0.4) is 0 Å². The molecular formula is C54H37NO. The topological polar surface area (TPSA) is 12.5 Å². The van der Waals surface area contributed by atoms with Crippen molar-refractivity contribution in [3.8, 4) is 78.3 Å². The number of benzene rings is 9. The normalized spacial score (nSPS) is 11.4. The number of nitrogens with zero attached hydrogens (tertiary/aromatic N) is 1. The molecule has 0 radical (unpaired) electrons. The Morgan fingerprint density at radius 1 is 0.250 bits per heavy atom. The molecular weight excluding hydrogens is 679 g/mol. The molecule has 56 heavy (non-hydrogen) atoms. The molecule has 0 spiro atoms. The molecule has 0 atom stereocenters. The van der Waals surface area contributed by atoms with Crippen LogP contribution < -0.4 is 9.64 Å². The van der Waals surface area contributed by atoms with Crippen LogP contribution in [0.25, 0.3) is 66.8 Å². The van der Waals surface area contributed by atoms with E-state index < -0.39 is 0 Å². The van der Waals surface area contributed by atoms with Crippen molar-refractivity contribution in [2.75, 3.05) is 4.90 Å². The molecule has 10 rings (SSSR count). The van der Waals surface area contributed by atoms with Gasteiger partial charge in [-0.05, 0) is 104 Å². The largest absolute Gasteiger partial charge is 0.456 e. The quantitative estimate of drug-likeness (QED) is 0.163. The van der Waals surface area contributed by atoms with E-state index >= 15 is 0 Å². The summed E-state index contributed by atoms with van der Waals surface area (Å²) in [5, 5.41) is 0. The zero-order chi connectivity index (χ0) is 37.3. The minimum Gasteiger partial charge on any atom is -0.456 e. The van der Waals surface area contributed by atoms with Gasteiger partial charge < -0.3 is 9.64 Å². The van der Waals surface area contributed by atoms with Crippen LogP contribution in [0.5, 0.6) is 11.5 Å². The van der Waals surface area contributed by atoms with Crippen molar-refractivity contribution in [3.63, 3.8) is 0 Å². The van der Waals surface area contributed by atoms with E-state index in [0.717, 1.165) is 61.9 Å². The van der Waals surface area contributed by atoms with Gasteiger partial charge in [0.15, 0.2) is 0 Å². The molecule has 0 saturated heterocycles. The lowest BCUT2D eigenvalue weighted by Gasteiger charge is -2.27. The Hall–Kier alpha value is -7.42. The Labute approximate surface area is 328 Å². The molecule has 264 valence electrons. The van der Waals surface area contributed by atoms with E-state index in [0.29, 0.717) is 0 Å². The third-order valence-electron chi connectivity index (χ3n) is 10.7. The lowest BCUT2D eigenvalue weighted by atomic mass is 9.89. The average Bonchev–Trinajstić information content (AvgIpc) is 3.42. The first-order valence-corrected chi connectivity index (χ1v) is 19.1. The SMILES string of the molecule is c1ccc(-c2ccc(-c3ccc(N(c4ccc(-c5ccccc5)cc4)c4ccc5c(c4)-c4ccccc4-c4c(cccc4-c4ccccc4)O5)cc3)cc2)cc1. The van der Waals surface area contributed by atoms with Crippen LogP contribution in [-0.2, 0) is 0 Å². The second-order valence-electron chi connectivity index (χ2n) is 14.1. The van der Waals surface area contributed by atoms with Gasteiger partial charge in [0.2, 0.25) is 0 Å². The lowest BCUT2D eigenvalue weighted by Crippen LogP contribution is -2.10. The van der Waals surface area contributed by atoms with Crippen molar-refractivity contribution in [2.24, 2.45) is 0 Å². The summed E-state index contributed by atoms with van der Waals surface area (Å²) in [5.41, 5.74) is 17.1. The summed E-state index contributed by atoms with van der Waals surface area (Å²) in [6.07, 6.45) is 0. The van der Waals surface area contributed by atoms with Crippen LogP contribution in [0.4, 0.5) is 17.1 Å². The summed E-state index contributed by atoms with van der Waals surface area (Å²) in [4.78, 5) is 2.34. The molecule has 1 aliphatic rings. The van der Waals surface area contributed by atoms with Crippen LogP contribution in [0, 0.1) is 0 Å². The Morgan fingerprint density at radius 2 is 0.661 bits per heavy atom. The van der Waals surface area contributed by atoms with Gasteiger partial charge in [0.1, 0.15) is 11.5 Å². The molecule has 1 aliphatic heterocycles. The van der Waals surface area contributed by atoms with Crippen LogP contribution >= 0.6 is 0 Å². The zero-order valence-corrected chi connectivity index (χ0v) is 30.7. The van der Waals surface area contributed by atoms with Gasteiger partial charge >= 0.3 is 0 Å². The Kier molecular flexibility index (Phi) is 8.55.